The van der Waals surface area contributed by atoms with Crippen LogP contribution >= 0.6 is 15.9 Å². The molecule has 1 fully saturated rings. The Balaban J connectivity index is 2.01. The van der Waals surface area contributed by atoms with E-state index in [2.05, 4.69) is 44.8 Å². The van der Waals surface area contributed by atoms with Gasteiger partial charge in [-0.15, -0.1) is 0 Å². The molecular weight excluding hydrogens is 240 g/mol. The minimum absolute atomic E-state index is 0.653. The first-order valence-electron chi connectivity index (χ1n) is 5.11. The van der Waals surface area contributed by atoms with Crippen molar-refractivity contribution in [3.63, 3.8) is 0 Å². The summed E-state index contributed by atoms with van der Waals surface area (Å²) in [5, 5.41) is 7.07. The van der Waals surface area contributed by atoms with Gasteiger partial charge in [-0.1, -0.05) is 22.0 Å². The van der Waals surface area contributed by atoms with E-state index in [4.69, 9.17) is 0 Å². The molecule has 74 valence electrons. The molecule has 0 spiro atoms. The summed E-state index contributed by atoms with van der Waals surface area (Å²) in [6.07, 6.45) is 1.23. The second kappa shape index (κ2) is 3.24. The Morgan fingerprint density at radius 1 is 1.36 bits per heavy atom. The van der Waals surface area contributed by atoms with Crippen LogP contribution in [0.25, 0.3) is 0 Å². The second-order valence-corrected chi connectivity index (χ2v) is 5.00. The van der Waals surface area contributed by atoms with Gasteiger partial charge < -0.3 is 10.6 Å². The molecule has 2 unspecified atom stereocenters. The highest BCUT2D eigenvalue weighted by atomic mass is 79.9. The number of benzene rings is 1. The molecule has 0 amide bonds. The lowest BCUT2D eigenvalue weighted by Crippen LogP contribution is -2.38. The van der Waals surface area contributed by atoms with E-state index in [0.29, 0.717) is 12.0 Å². The lowest BCUT2D eigenvalue weighted by Gasteiger charge is -2.26. The van der Waals surface area contributed by atoms with Gasteiger partial charge >= 0.3 is 0 Å². The number of hydrogen-bond acceptors (Lipinski definition) is 2. The monoisotopic (exact) mass is 252 g/mol. The van der Waals surface area contributed by atoms with E-state index in [1.807, 2.05) is 0 Å². The SMILES string of the molecule is Brc1ccc2c(c1)NC1CCNCC21. The van der Waals surface area contributed by atoms with E-state index in [0.717, 1.165) is 17.6 Å². The minimum Gasteiger partial charge on any atom is -0.381 e. The summed E-state index contributed by atoms with van der Waals surface area (Å²) in [6.45, 7) is 2.26. The Labute approximate surface area is 92.2 Å². The van der Waals surface area contributed by atoms with E-state index in [-0.39, 0.29) is 0 Å². The third kappa shape index (κ3) is 1.27. The fourth-order valence-corrected chi connectivity index (χ4v) is 2.90. The van der Waals surface area contributed by atoms with Gasteiger partial charge in [0, 0.05) is 28.7 Å². The molecule has 14 heavy (non-hydrogen) atoms. The highest BCUT2D eigenvalue weighted by Crippen LogP contribution is 2.39. The fraction of sp³-hybridized carbons (Fsp3) is 0.455. The van der Waals surface area contributed by atoms with Crippen LogP contribution in [0.4, 0.5) is 5.69 Å². The Bertz CT molecular complexity index is 364. The largest absolute Gasteiger partial charge is 0.381 e. The molecule has 2 aliphatic rings. The number of nitrogens with one attached hydrogen (secondary N) is 2. The zero-order chi connectivity index (χ0) is 9.54. The van der Waals surface area contributed by atoms with Gasteiger partial charge in [-0.05, 0) is 30.7 Å². The van der Waals surface area contributed by atoms with Gasteiger partial charge in [-0.2, -0.15) is 0 Å². The summed E-state index contributed by atoms with van der Waals surface area (Å²) in [5.41, 5.74) is 2.79. The van der Waals surface area contributed by atoms with Crippen LogP contribution in [-0.4, -0.2) is 19.1 Å². The first-order valence-corrected chi connectivity index (χ1v) is 5.90. The van der Waals surface area contributed by atoms with Gasteiger partial charge in [0.05, 0.1) is 0 Å². The average molecular weight is 253 g/mol. The first-order chi connectivity index (χ1) is 6.84. The summed E-state index contributed by atoms with van der Waals surface area (Å²) in [4.78, 5) is 0. The molecular formula is C11H13BrN2. The van der Waals surface area contributed by atoms with Crippen LogP contribution in [0.3, 0.4) is 0 Å². The highest BCUT2D eigenvalue weighted by molar-refractivity contribution is 9.10. The molecule has 2 atom stereocenters. The van der Waals surface area contributed by atoms with Crippen molar-refractivity contribution in [1.82, 2.24) is 5.32 Å². The number of anilines is 1. The normalized spacial score (nSPS) is 29.2. The van der Waals surface area contributed by atoms with Crippen LogP contribution in [0, 0.1) is 0 Å². The molecule has 3 heteroatoms. The molecule has 0 saturated carbocycles. The Morgan fingerprint density at radius 3 is 3.21 bits per heavy atom. The van der Waals surface area contributed by atoms with E-state index in [1.54, 1.807) is 0 Å². The second-order valence-electron chi connectivity index (χ2n) is 4.08. The van der Waals surface area contributed by atoms with Gasteiger partial charge in [0.25, 0.3) is 0 Å². The molecule has 0 aliphatic carbocycles. The summed E-state index contributed by atoms with van der Waals surface area (Å²) < 4.78 is 1.16. The Morgan fingerprint density at radius 2 is 2.29 bits per heavy atom. The summed E-state index contributed by atoms with van der Waals surface area (Å²) in [6, 6.07) is 7.22. The molecule has 0 radical (unpaired) electrons. The lowest BCUT2D eigenvalue weighted by atomic mass is 9.91. The quantitative estimate of drug-likeness (QED) is 0.741. The predicted molar refractivity (Wildman–Crippen MR) is 61.8 cm³/mol. The van der Waals surface area contributed by atoms with E-state index >= 15 is 0 Å². The molecule has 3 rings (SSSR count). The van der Waals surface area contributed by atoms with Gasteiger partial charge in [-0.3, -0.25) is 0 Å². The molecule has 1 aromatic carbocycles. The predicted octanol–water partition coefficient (Wildman–Crippen LogP) is 2.32. The van der Waals surface area contributed by atoms with Crippen molar-refractivity contribution in [2.24, 2.45) is 0 Å². The van der Waals surface area contributed by atoms with Gasteiger partial charge in [0.2, 0.25) is 0 Å². The Kier molecular flexibility index (Phi) is 2.03. The van der Waals surface area contributed by atoms with Crippen molar-refractivity contribution in [3.05, 3.63) is 28.2 Å². The Hall–Kier alpha value is -0.540. The van der Waals surface area contributed by atoms with Crippen molar-refractivity contribution in [3.8, 4) is 0 Å². The van der Waals surface area contributed by atoms with Crippen LogP contribution in [0.5, 0.6) is 0 Å². The standard InChI is InChI=1S/C11H13BrN2/c12-7-1-2-8-9-6-13-4-3-10(9)14-11(8)5-7/h1-2,5,9-10,13-14H,3-4,6H2. The van der Waals surface area contributed by atoms with Gasteiger partial charge in [0.15, 0.2) is 0 Å². The summed E-state index contributed by atoms with van der Waals surface area (Å²) in [5.74, 6) is 0.673. The van der Waals surface area contributed by atoms with Crippen LogP contribution in [0.2, 0.25) is 0 Å². The van der Waals surface area contributed by atoms with Crippen molar-refractivity contribution in [2.75, 3.05) is 18.4 Å². The third-order valence-electron chi connectivity index (χ3n) is 3.24. The molecule has 1 aromatic rings. The van der Waals surface area contributed by atoms with E-state index in [9.17, 15) is 0 Å². The average Bonchev–Trinajstić information content (AvgIpc) is 2.54. The van der Waals surface area contributed by atoms with Crippen LogP contribution in [0.15, 0.2) is 22.7 Å². The van der Waals surface area contributed by atoms with Crippen molar-refractivity contribution in [1.29, 1.82) is 0 Å². The number of halogens is 1. The van der Waals surface area contributed by atoms with Crippen LogP contribution < -0.4 is 10.6 Å². The van der Waals surface area contributed by atoms with Crippen molar-refractivity contribution >= 4 is 21.6 Å². The number of piperidine rings is 1. The molecule has 2 heterocycles. The van der Waals surface area contributed by atoms with E-state index < -0.39 is 0 Å². The van der Waals surface area contributed by atoms with Crippen LogP contribution in [0.1, 0.15) is 17.9 Å². The summed E-state index contributed by atoms with van der Waals surface area (Å²) in [7, 11) is 0. The third-order valence-corrected chi connectivity index (χ3v) is 3.73. The number of fused-ring (bicyclic) bond motifs is 3. The van der Waals surface area contributed by atoms with Gasteiger partial charge in [-0.25, -0.2) is 0 Å². The van der Waals surface area contributed by atoms with Gasteiger partial charge in [0.1, 0.15) is 0 Å². The number of hydrogen-bond donors (Lipinski definition) is 2. The molecule has 0 bridgehead atoms. The molecule has 2 aliphatic heterocycles. The smallest absolute Gasteiger partial charge is 0.0390 e. The maximum atomic E-state index is 3.61. The zero-order valence-electron chi connectivity index (χ0n) is 7.89. The van der Waals surface area contributed by atoms with Crippen molar-refractivity contribution in [2.45, 2.75) is 18.4 Å². The topological polar surface area (TPSA) is 24.1 Å². The minimum atomic E-state index is 0.653. The maximum Gasteiger partial charge on any atom is 0.0390 e. The molecule has 1 saturated heterocycles. The highest BCUT2D eigenvalue weighted by Gasteiger charge is 2.33. The zero-order valence-corrected chi connectivity index (χ0v) is 9.47. The van der Waals surface area contributed by atoms with Crippen LogP contribution in [-0.2, 0) is 0 Å². The maximum absolute atomic E-state index is 3.61. The fourth-order valence-electron chi connectivity index (χ4n) is 2.53. The number of rotatable bonds is 0. The molecule has 2 N–H and O–H groups in total. The summed E-state index contributed by atoms with van der Waals surface area (Å²) >= 11 is 3.51. The molecule has 0 aromatic heterocycles. The van der Waals surface area contributed by atoms with Crippen molar-refractivity contribution < 1.29 is 0 Å². The van der Waals surface area contributed by atoms with E-state index in [1.165, 1.54) is 17.7 Å². The lowest BCUT2D eigenvalue weighted by molar-refractivity contribution is 0.440. The molecule has 2 nitrogen and oxygen atoms in total. The first kappa shape index (κ1) is 8.74.